The molecule has 2 rings (SSSR count). The lowest BCUT2D eigenvalue weighted by molar-refractivity contribution is 0.267. The van der Waals surface area contributed by atoms with Gasteiger partial charge in [0.25, 0.3) is 0 Å². The maximum absolute atomic E-state index is 9.15. The average molecular weight is 297 g/mol. The molecule has 0 spiro atoms. The average Bonchev–Trinajstić information content (AvgIpc) is 2.92. The Morgan fingerprint density at radius 3 is 2.85 bits per heavy atom. The lowest BCUT2D eigenvalue weighted by Crippen LogP contribution is -2.06. The van der Waals surface area contributed by atoms with Gasteiger partial charge in [-0.05, 0) is 24.6 Å². The van der Waals surface area contributed by atoms with Gasteiger partial charge in [0, 0.05) is 18.9 Å². The van der Waals surface area contributed by atoms with Crippen molar-refractivity contribution in [3.63, 3.8) is 0 Å². The Kier molecular flexibility index (Phi) is 4.87. The van der Waals surface area contributed by atoms with E-state index in [1.54, 1.807) is 18.3 Å². The molecule has 2 aromatic rings. The first-order valence-electron chi connectivity index (χ1n) is 6.29. The number of rotatable bonds is 6. The lowest BCUT2D eigenvalue weighted by atomic mass is 10.2. The van der Waals surface area contributed by atoms with Crippen LogP contribution in [0.15, 0.2) is 24.5 Å². The predicted molar refractivity (Wildman–Crippen MR) is 76.2 cm³/mol. The first kappa shape index (κ1) is 14.7. The molecule has 5 nitrogen and oxygen atoms in total. The van der Waals surface area contributed by atoms with E-state index in [2.05, 4.69) is 4.98 Å². The largest absolute Gasteiger partial charge is 0.493 e. The van der Waals surface area contributed by atoms with E-state index in [4.69, 9.17) is 26.2 Å². The van der Waals surface area contributed by atoms with Gasteiger partial charge in [0.05, 0.1) is 18.7 Å². The number of aryl methyl sites for hydroxylation is 1. The van der Waals surface area contributed by atoms with Gasteiger partial charge in [-0.25, -0.2) is 4.98 Å². The second-order valence-corrected chi connectivity index (χ2v) is 4.59. The molecule has 0 saturated heterocycles. The molecule has 108 valence electrons. The van der Waals surface area contributed by atoms with Crippen LogP contribution in [0.2, 0.25) is 5.02 Å². The van der Waals surface area contributed by atoms with E-state index in [0.717, 1.165) is 12.4 Å². The van der Waals surface area contributed by atoms with Crippen LogP contribution in [0.4, 0.5) is 0 Å². The maximum Gasteiger partial charge on any atom is 0.180 e. The van der Waals surface area contributed by atoms with Crippen LogP contribution in [-0.2, 0) is 19.8 Å². The van der Waals surface area contributed by atoms with Crippen molar-refractivity contribution in [2.24, 2.45) is 0 Å². The molecule has 0 radical (unpaired) electrons. The molecule has 20 heavy (non-hydrogen) atoms. The van der Waals surface area contributed by atoms with E-state index >= 15 is 0 Å². The molecule has 0 bridgehead atoms. The van der Waals surface area contributed by atoms with Crippen molar-refractivity contribution in [3.8, 4) is 11.5 Å². The van der Waals surface area contributed by atoms with E-state index in [1.807, 2.05) is 17.7 Å². The number of halogens is 1. The highest BCUT2D eigenvalue weighted by Gasteiger charge is 2.13. The van der Waals surface area contributed by atoms with E-state index in [-0.39, 0.29) is 6.61 Å². The molecule has 0 aliphatic carbocycles. The van der Waals surface area contributed by atoms with Crippen LogP contribution < -0.4 is 9.47 Å². The minimum absolute atomic E-state index is 0.101. The molecule has 1 aromatic heterocycles. The van der Waals surface area contributed by atoms with Crippen LogP contribution in [0.5, 0.6) is 11.5 Å². The van der Waals surface area contributed by atoms with Crippen LogP contribution in [-0.4, -0.2) is 21.8 Å². The van der Waals surface area contributed by atoms with E-state index in [0.29, 0.717) is 28.7 Å². The quantitative estimate of drug-likeness (QED) is 0.890. The molecule has 1 N–H and O–H groups in total. The van der Waals surface area contributed by atoms with Crippen molar-refractivity contribution in [2.45, 2.75) is 26.7 Å². The van der Waals surface area contributed by atoms with Crippen LogP contribution in [0.1, 0.15) is 18.3 Å². The Morgan fingerprint density at radius 1 is 1.40 bits per heavy atom. The third-order valence-electron chi connectivity index (χ3n) is 2.96. The minimum atomic E-state index is -0.101. The van der Waals surface area contributed by atoms with E-state index in [1.165, 1.54) is 7.11 Å². The van der Waals surface area contributed by atoms with Gasteiger partial charge < -0.3 is 19.1 Å². The number of hydrogen-bond acceptors (Lipinski definition) is 4. The summed E-state index contributed by atoms with van der Waals surface area (Å²) in [5.41, 5.74) is 0.675. The predicted octanol–water partition coefficient (Wildman–Crippen LogP) is 2.64. The van der Waals surface area contributed by atoms with Gasteiger partial charge in [-0.3, -0.25) is 0 Å². The van der Waals surface area contributed by atoms with Crippen LogP contribution in [0.25, 0.3) is 0 Å². The molecule has 1 aromatic carbocycles. The number of hydrogen-bond donors (Lipinski definition) is 1. The molecule has 6 heteroatoms. The number of benzene rings is 1. The van der Waals surface area contributed by atoms with Crippen molar-refractivity contribution in [2.75, 3.05) is 7.11 Å². The van der Waals surface area contributed by atoms with Gasteiger partial charge in [-0.15, -0.1) is 0 Å². The molecule has 0 atom stereocenters. The van der Waals surface area contributed by atoms with Gasteiger partial charge in [0.1, 0.15) is 12.4 Å². The summed E-state index contributed by atoms with van der Waals surface area (Å²) in [6.07, 6.45) is 3.63. The summed E-state index contributed by atoms with van der Waals surface area (Å²) in [5.74, 6) is 1.77. The highest BCUT2D eigenvalue weighted by atomic mass is 35.5. The fourth-order valence-electron chi connectivity index (χ4n) is 1.91. The molecule has 0 amide bonds. The Labute approximate surface area is 122 Å². The topological polar surface area (TPSA) is 56.5 Å². The maximum atomic E-state index is 9.15. The first-order valence-corrected chi connectivity index (χ1v) is 6.67. The second kappa shape index (κ2) is 6.63. The summed E-state index contributed by atoms with van der Waals surface area (Å²) < 4.78 is 13.0. The number of nitrogens with zero attached hydrogens (tertiary/aromatic N) is 2. The number of ether oxygens (including phenoxy) is 2. The fourth-order valence-corrected chi connectivity index (χ4v) is 2.20. The molecule has 0 saturated carbocycles. The monoisotopic (exact) mass is 296 g/mol. The standard InChI is InChI=1S/C14H17ClN2O3/c1-3-17-5-4-16-13(17)9-20-14-11(15)6-10(8-18)7-12(14)19-2/h4-7,18H,3,8-9H2,1-2H3. The van der Waals surface area contributed by atoms with E-state index in [9.17, 15) is 0 Å². The number of imidazole rings is 1. The fraction of sp³-hybridized carbons (Fsp3) is 0.357. The highest BCUT2D eigenvalue weighted by Crippen LogP contribution is 2.36. The zero-order chi connectivity index (χ0) is 14.5. The molecular formula is C14H17ClN2O3. The summed E-state index contributed by atoms with van der Waals surface area (Å²) in [7, 11) is 1.53. The molecule has 0 aliphatic heterocycles. The summed E-state index contributed by atoms with van der Waals surface area (Å²) in [6.45, 7) is 3.06. The van der Waals surface area contributed by atoms with Crippen LogP contribution in [0.3, 0.4) is 0 Å². The van der Waals surface area contributed by atoms with Crippen molar-refractivity contribution in [1.29, 1.82) is 0 Å². The second-order valence-electron chi connectivity index (χ2n) is 4.19. The smallest absolute Gasteiger partial charge is 0.180 e. The Bertz CT molecular complexity index is 584. The SMILES string of the molecule is CCn1ccnc1COc1c(Cl)cc(CO)cc1OC. The zero-order valence-electron chi connectivity index (χ0n) is 11.5. The third kappa shape index (κ3) is 3.05. The van der Waals surface area contributed by atoms with Crippen molar-refractivity contribution >= 4 is 11.6 Å². The highest BCUT2D eigenvalue weighted by molar-refractivity contribution is 6.32. The molecular weight excluding hydrogens is 280 g/mol. The summed E-state index contributed by atoms with van der Waals surface area (Å²) in [5, 5.41) is 9.56. The zero-order valence-corrected chi connectivity index (χ0v) is 12.2. The van der Waals surface area contributed by atoms with Crippen molar-refractivity contribution in [1.82, 2.24) is 9.55 Å². The van der Waals surface area contributed by atoms with Gasteiger partial charge in [-0.1, -0.05) is 11.6 Å². The van der Waals surface area contributed by atoms with Crippen molar-refractivity contribution in [3.05, 3.63) is 40.9 Å². The van der Waals surface area contributed by atoms with Crippen molar-refractivity contribution < 1.29 is 14.6 Å². The summed E-state index contributed by atoms with van der Waals surface area (Å²) in [6, 6.07) is 3.36. The summed E-state index contributed by atoms with van der Waals surface area (Å²) >= 11 is 6.16. The first-order chi connectivity index (χ1) is 9.69. The molecule has 1 heterocycles. The molecule has 0 unspecified atom stereocenters. The van der Waals surface area contributed by atoms with Gasteiger partial charge in [0.2, 0.25) is 0 Å². The number of aliphatic hydroxyl groups excluding tert-OH is 1. The number of aromatic nitrogens is 2. The Hall–Kier alpha value is -1.72. The van der Waals surface area contributed by atoms with Crippen LogP contribution in [0, 0.1) is 0 Å². The molecule has 0 fully saturated rings. The summed E-state index contributed by atoms with van der Waals surface area (Å²) in [4.78, 5) is 4.24. The van der Waals surface area contributed by atoms with E-state index < -0.39 is 0 Å². The minimum Gasteiger partial charge on any atom is -0.493 e. The Morgan fingerprint density at radius 2 is 2.20 bits per heavy atom. The lowest BCUT2D eigenvalue weighted by Gasteiger charge is -2.14. The van der Waals surface area contributed by atoms with Gasteiger partial charge in [-0.2, -0.15) is 0 Å². The third-order valence-corrected chi connectivity index (χ3v) is 3.24. The molecule has 0 aliphatic rings. The number of aliphatic hydroxyl groups is 1. The van der Waals surface area contributed by atoms with Crippen LogP contribution >= 0.6 is 11.6 Å². The van der Waals surface area contributed by atoms with Gasteiger partial charge in [0.15, 0.2) is 11.5 Å². The Balaban J connectivity index is 2.21. The number of methoxy groups -OCH3 is 1. The van der Waals surface area contributed by atoms with Gasteiger partial charge >= 0.3 is 0 Å². The normalized spacial score (nSPS) is 10.6.